The van der Waals surface area contributed by atoms with E-state index in [1.807, 2.05) is 0 Å². The SMILES string of the molecule is COc1cc(/C=C/C(=O)C(Cc2cn(CCNC(=O)COCC(=O)NCCCCN[C@H]3CC[C@@]4(C)C(=CC[C@H]5[C@@H]6CC[C@H]([C@H](C)CCCC(C)C)[C@@]6(C)CC[C@@H]54)C3)nn2)=C(O)/C=C/c2ccc(O)c(OC)c2)ccc1O. The van der Waals surface area contributed by atoms with Gasteiger partial charge in [0.1, 0.15) is 19.0 Å². The van der Waals surface area contributed by atoms with Crippen LogP contribution in [0, 0.1) is 46.3 Å². The van der Waals surface area contributed by atoms with Crippen LogP contribution in [-0.4, -0.2) is 101 Å². The number of benzene rings is 2. The van der Waals surface area contributed by atoms with Gasteiger partial charge in [-0.3, -0.25) is 19.1 Å². The fourth-order valence-corrected chi connectivity index (χ4v) is 13.4. The predicted octanol–water partition coefficient (Wildman–Crippen LogP) is 10.1. The van der Waals surface area contributed by atoms with Gasteiger partial charge in [-0.25, -0.2) is 0 Å². The second-order valence-corrected chi connectivity index (χ2v) is 23.0. The monoisotopic (exact) mass is 1050 g/mol. The number of allylic oxidation sites excluding steroid dienone is 4. The average Bonchev–Trinajstić information content (AvgIpc) is 4.10. The van der Waals surface area contributed by atoms with Crippen LogP contribution in [0.25, 0.3) is 12.2 Å². The lowest BCUT2D eigenvalue weighted by molar-refractivity contribution is -0.131. The summed E-state index contributed by atoms with van der Waals surface area (Å²) in [6.07, 6.45) is 26.6. The summed E-state index contributed by atoms with van der Waals surface area (Å²) in [6.45, 7) is 14.0. The van der Waals surface area contributed by atoms with Crippen LogP contribution < -0.4 is 25.4 Å². The number of ether oxygens (including phenoxy) is 3. The molecule has 3 saturated carbocycles. The summed E-state index contributed by atoms with van der Waals surface area (Å²) in [7, 11) is 2.85. The molecule has 15 heteroatoms. The molecule has 414 valence electrons. The maximum absolute atomic E-state index is 13.6. The summed E-state index contributed by atoms with van der Waals surface area (Å²) in [5, 5.41) is 49.0. The van der Waals surface area contributed by atoms with Crippen molar-refractivity contribution < 1.29 is 43.9 Å². The van der Waals surface area contributed by atoms with E-state index in [0.717, 1.165) is 61.3 Å². The zero-order chi connectivity index (χ0) is 54.4. The molecule has 0 unspecified atom stereocenters. The second-order valence-electron chi connectivity index (χ2n) is 23.0. The predicted molar refractivity (Wildman–Crippen MR) is 297 cm³/mol. The highest BCUT2D eigenvalue weighted by atomic mass is 16.5. The van der Waals surface area contributed by atoms with Crippen molar-refractivity contribution in [3.8, 4) is 23.0 Å². The lowest BCUT2D eigenvalue weighted by atomic mass is 9.47. The van der Waals surface area contributed by atoms with Gasteiger partial charge in [0.15, 0.2) is 28.8 Å². The minimum Gasteiger partial charge on any atom is -0.508 e. The number of aliphatic hydroxyl groups excluding tert-OH is 1. The second kappa shape index (κ2) is 26.9. The molecule has 8 atom stereocenters. The summed E-state index contributed by atoms with van der Waals surface area (Å²) < 4.78 is 17.3. The van der Waals surface area contributed by atoms with E-state index >= 15 is 0 Å². The lowest BCUT2D eigenvalue weighted by Crippen LogP contribution is -2.51. The lowest BCUT2D eigenvalue weighted by Gasteiger charge is -2.58. The Balaban J connectivity index is 0.780. The van der Waals surface area contributed by atoms with Crippen molar-refractivity contribution in [1.82, 2.24) is 30.9 Å². The third-order valence-corrected chi connectivity index (χ3v) is 17.6. The highest BCUT2D eigenvalue weighted by Crippen LogP contribution is 2.67. The molecule has 15 nitrogen and oxygen atoms in total. The van der Waals surface area contributed by atoms with Gasteiger partial charge in [0, 0.05) is 37.3 Å². The van der Waals surface area contributed by atoms with Crippen molar-refractivity contribution in [2.24, 2.45) is 46.3 Å². The number of hydrogen-bond acceptors (Lipinski definition) is 12. The average molecular weight is 1050 g/mol. The molecular weight excluding hydrogens is 961 g/mol. The van der Waals surface area contributed by atoms with Gasteiger partial charge in [-0.2, -0.15) is 0 Å². The Labute approximate surface area is 451 Å². The number of amides is 2. The van der Waals surface area contributed by atoms with E-state index in [1.165, 1.54) is 113 Å². The van der Waals surface area contributed by atoms with Crippen LogP contribution in [0.1, 0.15) is 135 Å². The van der Waals surface area contributed by atoms with Crippen LogP contribution in [0.2, 0.25) is 0 Å². The third kappa shape index (κ3) is 14.8. The number of aliphatic hydroxyl groups is 1. The maximum atomic E-state index is 13.6. The first-order valence-corrected chi connectivity index (χ1v) is 28.0. The number of phenolic OH excluding ortho intramolecular Hbond substituents is 2. The first kappa shape index (κ1) is 57.8. The molecule has 7 rings (SSSR count). The van der Waals surface area contributed by atoms with E-state index in [1.54, 1.807) is 42.1 Å². The number of ketones is 1. The summed E-state index contributed by atoms with van der Waals surface area (Å²) in [5.74, 6) is 4.06. The zero-order valence-electron chi connectivity index (χ0n) is 46.2. The first-order chi connectivity index (χ1) is 36.5. The van der Waals surface area contributed by atoms with E-state index < -0.39 is 5.78 Å². The van der Waals surface area contributed by atoms with Crippen LogP contribution in [-0.2, 0) is 32.1 Å². The van der Waals surface area contributed by atoms with Crippen molar-refractivity contribution in [2.75, 3.05) is 47.1 Å². The van der Waals surface area contributed by atoms with Crippen LogP contribution in [0.4, 0.5) is 0 Å². The number of hydrogen-bond donors (Lipinski definition) is 6. The summed E-state index contributed by atoms with van der Waals surface area (Å²) in [6, 6.07) is 9.82. The van der Waals surface area contributed by atoms with Crippen molar-refractivity contribution in [3.63, 3.8) is 0 Å². The van der Waals surface area contributed by atoms with Gasteiger partial charge < -0.3 is 45.5 Å². The molecule has 0 radical (unpaired) electrons. The number of nitrogens with zero attached hydrogens (tertiary/aromatic N) is 3. The standard InChI is InChI=1S/C61H86N6O9/c1-40(2)11-10-12-41(3)49-19-20-50-47-18-17-44-35-45(25-27-60(44,4)51(47)26-28-61(49,50)5)62-29-8-9-30-63-58(72)38-76-39-59(73)64-31-32-67-37-46(65-66-67)36-48(52(68)21-13-42-15-23-54(70)56(33-42)74-6)53(69)22-14-43-16-24-55(71)57(34-43)75-7/h13-17,21-24,33-34,37,40-41,45,47,49-51,62,68,70-71H,8-12,18-20,25-32,35-36,38-39H2,1-7H3,(H,63,72)(H,64,73)/b21-13+,22-14+,52-48?/t41-,45+,47+,49-,50+,51+,60+,61-/m1/s1. The molecule has 6 N–H and O–H groups in total. The molecule has 0 spiro atoms. The Morgan fingerprint density at radius 3 is 2.17 bits per heavy atom. The molecule has 1 aromatic heterocycles. The fourth-order valence-electron chi connectivity index (χ4n) is 13.4. The van der Waals surface area contributed by atoms with Crippen molar-refractivity contribution in [2.45, 2.75) is 137 Å². The van der Waals surface area contributed by atoms with Crippen molar-refractivity contribution in [3.05, 3.63) is 94.5 Å². The zero-order valence-corrected chi connectivity index (χ0v) is 46.2. The summed E-state index contributed by atoms with van der Waals surface area (Å²) in [4.78, 5) is 38.6. The molecule has 4 aliphatic carbocycles. The highest BCUT2D eigenvalue weighted by Gasteiger charge is 2.59. The number of carbonyl (C=O) groups excluding carboxylic acids is 3. The third-order valence-electron chi connectivity index (χ3n) is 17.6. The van der Waals surface area contributed by atoms with Crippen LogP contribution in [0.5, 0.6) is 23.0 Å². The van der Waals surface area contributed by atoms with Gasteiger partial charge in [0.25, 0.3) is 0 Å². The number of methoxy groups -OCH3 is 2. The fraction of sp³-hybridized carbons (Fsp3) is 0.590. The molecule has 3 aromatic rings. The summed E-state index contributed by atoms with van der Waals surface area (Å²) >= 11 is 0. The van der Waals surface area contributed by atoms with Crippen molar-refractivity contribution in [1.29, 1.82) is 0 Å². The molecule has 4 aliphatic rings. The number of carbonyl (C=O) groups is 3. The molecule has 2 aromatic carbocycles. The van der Waals surface area contributed by atoms with Crippen LogP contribution >= 0.6 is 0 Å². The molecule has 0 bridgehead atoms. The number of phenols is 2. The van der Waals surface area contributed by atoms with E-state index in [2.05, 4.69) is 67.0 Å². The van der Waals surface area contributed by atoms with Gasteiger partial charge in [-0.05, 0) is 165 Å². The maximum Gasteiger partial charge on any atom is 0.246 e. The molecule has 0 aliphatic heterocycles. The van der Waals surface area contributed by atoms with E-state index in [0.29, 0.717) is 40.2 Å². The van der Waals surface area contributed by atoms with Gasteiger partial charge in [-0.15, -0.1) is 5.10 Å². The van der Waals surface area contributed by atoms with Gasteiger partial charge in [0.2, 0.25) is 11.8 Å². The topological polar surface area (TPSA) is 206 Å². The molecule has 0 saturated heterocycles. The normalized spacial score (nSPS) is 24.8. The number of rotatable bonds is 27. The largest absolute Gasteiger partial charge is 0.508 e. The Morgan fingerprint density at radius 2 is 1.49 bits per heavy atom. The Kier molecular flexibility index (Phi) is 20.4. The Morgan fingerprint density at radius 1 is 0.816 bits per heavy atom. The molecular formula is C61H86N6O9. The van der Waals surface area contributed by atoms with Gasteiger partial charge in [0.05, 0.1) is 26.5 Å². The van der Waals surface area contributed by atoms with Crippen LogP contribution in [0.3, 0.4) is 0 Å². The number of fused-ring (bicyclic) bond motifs is 5. The number of nitrogens with one attached hydrogen (secondary N) is 3. The minimum absolute atomic E-state index is 0.0278. The minimum atomic E-state index is -0.502. The van der Waals surface area contributed by atoms with E-state index in [9.17, 15) is 29.7 Å². The van der Waals surface area contributed by atoms with Gasteiger partial charge in [-0.1, -0.05) is 95.0 Å². The Bertz CT molecular complexity index is 2580. The molecule has 76 heavy (non-hydrogen) atoms. The van der Waals surface area contributed by atoms with Crippen molar-refractivity contribution >= 4 is 29.7 Å². The number of unbranched alkanes of at least 4 members (excludes halogenated alkanes) is 1. The quantitative estimate of drug-likeness (QED) is 0.0139. The smallest absolute Gasteiger partial charge is 0.246 e. The van der Waals surface area contributed by atoms with Crippen LogP contribution in [0.15, 0.2) is 77.7 Å². The number of aromatic hydroxyl groups is 2. The van der Waals surface area contributed by atoms with Gasteiger partial charge >= 0.3 is 0 Å². The molecule has 2 amide bonds. The van der Waals surface area contributed by atoms with E-state index in [4.69, 9.17) is 14.2 Å². The first-order valence-electron chi connectivity index (χ1n) is 28.0. The summed E-state index contributed by atoms with van der Waals surface area (Å²) in [5.41, 5.74) is 4.19. The molecule has 3 fully saturated rings. The highest BCUT2D eigenvalue weighted by molar-refractivity contribution is 6.07. The van der Waals surface area contributed by atoms with E-state index in [-0.39, 0.29) is 78.9 Å². The Hall–Kier alpha value is -5.93. The number of aromatic nitrogens is 3. The molecule has 1 heterocycles.